The number of allylic oxidation sites excluding steroid dienone is 1. The van der Waals surface area contributed by atoms with Gasteiger partial charge in [0.2, 0.25) is 0 Å². The molecule has 0 rings (SSSR count). The summed E-state index contributed by atoms with van der Waals surface area (Å²) in [4.78, 5) is 0. The van der Waals surface area contributed by atoms with Crippen molar-refractivity contribution in [2.24, 2.45) is 0 Å². The molecule has 0 radical (unpaired) electrons. The summed E-state index contributed by atoms with van der Waals surface area (Å²) < 4.78 is 30.7. The molecule has 0 aromatic heterocycles. The van der Waals surface area contributed by atoms with Crippen LogP contribution in [0.4, 0.5) is 0 Å². The zero-order chi connectivity index (χ0) is 10.7. The molecule has 0 saturated heterocycles. The second-order valence-corrected chi connectivity index (χ2v) is 3.14. The highest BCUT2D eigenvalue weighted by atomic mass is 32.3. The van der Waals surface area contributed by atoms with Crippen molar-refractivity contribution in [1.29, 1.82) is 0 Å². The van der Waals surface area contributed by atoms with E-state index in [1.807, 2.05) is 6.08 Å². The molecule has 0 spiro atoms. The van der Waals surface area contributed by atoms with Crippen LogP contribution < -0.4 is 0 Å². The highest BCUT2D eigenvalue weighted by Crippen LogP contribution is 1.82. The second kappa shape index (κ2) is 9.66. The fourth-order valence-corrected chi connectivity index (χ4v) is 0.632. The maximum atomic E-state index is 9.61. The SMILES string of the molecule is C=CCCC.O=S(=O)(O)OCCO. The highest BCUT2D eigenvalue weighted by molar-refractivity contribution is 7.80. The molecule has 0 unspecified atom stereocenters. The fourth-order valence-electron chi connectivity index (χ4n) is 0.347. The van der Waals surface area contributed by atoms with Gasteiger partial charge in [-0.15, -0.1) is 6.58 Å². The molecule has 0 aromatic carbocycles. The van der Waals surface area contributed by atoms with Crippen molar-refractivity contribution in [2.45, 2.75) is 19.8 Å². The van der Waals surface area contributed by atoms with Crippen molar-refractivity contribution < 1.29 is 22.3 Å². The van der Waals surface area contributed by atoms with Crippen LogP contribution in [0.25, 0.3) is 0 Å². The Kier molecular flexibility index (Phi) is 11.2. The van der Waals surface area contributed by atoms with Gasteiger partial charge in [0.25, 0.3) is 0 Å². The van der Waals surface area contributed by atoms with E-state index in [2.05, 4.69) is 17.7 Å². The van der Waals surface area contributed by atoms with Crippen molar-refractivity contribution >= 4 is 10.4 Å². The summed E-state index contributed by atoms with van der Waals surface area (Å²) in [6, 6.07) is 0. The van der Waals surface area contributed by atoms with E-state index in [1.54, 1.807) is 0 Å². The molecule has 0 aliphatic heterocycles. The van der Waals surface area contributed by atoms with Gasteiger partial charge < -0.3 is 5.11 Å². The van der Waals surface area contributed by atoms with E-state index in [-0.39, 0.29) is 0 Å². The lowest BCUT2D eigenvalue weighted by atomic mass is 10.3. The van der Waals surface area contributed by atoms with Gasteiger partial charge in [0.15, 0.2) is 0 Å². The molecule has 0 fully saturated rings. The summed E-state index contributed by atoms with van der Waals surface area (Å²) in [7, 11) is -4.35. The first-order valence-electron chi connectivity index (χ1n) is 3.81. The van der Waals surface area contributed by atoms with Crippen LogP contribution in [0, 0.1) is 0 Å². The summed E-state index contributed by atoms with van der Waals surface area (Å²) in [5, 5.41) is 7.93. The molecule has 80 valence electrons. The molecule has 13 heavy (non-hydrogen) atoms. The quantitative estimate of drug-likeness (QED) is 0.519. The van der Waals surface area contributed by atoms with E-state index in [0.29, 0.717) is 0 Å². The first-order valence-corrected chi connectivity index (χ1v) is 5.18. The molecular formula is C7H16O5S. The Hall–Kier alpha value is -0.430. The van der Waals surface area contributed by atoms with Gasteiger partial charge in [-0.05, 0) is 6.42 Å². The van der Waals surface area contributed by atoms with E-state index in [4.69, 9.17) is 9.66 Å². The standard InChI is InChI=1S/C5H10.C2H6O5S/c1-3-5-4-2;3-1-2-7-8(4,5)6/h3H,1,4-5H2,2H3;3H,1-2H2,(H,4,5,6). The van der Waals surface area contributed by atoms with Crippen LogP contribution in [0.1, 0.15) is 19.8 Å². The maximum absolute atomic E-state index is 9.61. The third-order valence-electron chi connectivity index (χ3n) is 0.816. The molecular weight excluding hydrogens is 196 g/mol. The average molecular weight is 212 g/mol. The largest absolute Gasteiger partial charge is 0.397 e. The number of unbranched alkanes of at least 4 members (excludes halogenated alkanes) is 1. The monoisotopic (exact) mass is 212 g/mol. The Bertz CT molecular complexity index is 197. The van der Waals surface area contributed by atoms with Crippen LogP contribution in [0.15, 0.2) is 12.7 Å². The van der Waals surface area contributed by atoms with Gasteiger partial charge in [0.1, 0.15) is 0 Å². The number of hydrogen-bond acceptors (Lipinski definition) is 4. The Morgan fingerprint density at radius 3 is 2.15 bits per heavy atom. The Morgan fingerprint density at radius 1 is 1.54 bits per heavy atom. The van der Waals surface area contributed by atoms with Gasteiger partial charge in [0, 0.05) is 0 Å². The number of hydrogen-bond donors (Lipinski definition) is 2. The normalized spacial score (nSPS) is 10.1. The van der Waals surface area contributed by atoms with Crippen molar-refractivity contribution in [3.05, 3.63) is 12.7 Å². The molecule has 0 aliphatic carbocycles. The van der Waals surface area contributed by atoms with Gasteiger partial charge in [-0.1, -0.05) is 19.4 Å². The van der Waals surface area contributed by atoms with Crippen LogP contribution in [-0.2, 0) is 14.6 Å². The summed E-state index contributed by atoms with van der Waals surface area (Å²) in [5.41, 5.74) is 0. The lowest BCUT2D eigenvalue weighted by molar-refractivity contribution is 0.188. The zero-order valence-electron chi connectivity index (χ0n) is 7.64. The van der Waals surface area contributed by atoms with Crippen LogP contribution in [0.3, 0.4) is 0 Å². The predicted octanol–water partition coefficient (Wildman–Crippen LogP) is 0.771. The van der Waals surface area contributed by atoms with Gasteiger partial charge in [-0.2, -0.15) is 8.42 Å². The predicted molar refractivity (Wildman–Crippen MR) is 49.7 cm³/mol. The molecule has 0 heterocycles. The van der Waals surface area contributed by atoms with E-state index >= 15 is 0 Å². The molecule has 0 saturated carbocycles. The highest BCUT2D eigenvalue weighted by Gasteiger charge is 2.00. The Balaban J connectivity index is 0. The second-order valence-electron chi connectivity index (χ2n) is 2.05. The summed E-state index contributed by atoms with van der Waals surface area (Å²) in [5.74, 6) is 0. The molecule has 0 aliphatic rings. The third kappa shape index (κ3) is 24.5. The Morgan fingerprint density at radius 2 is 2.08 bits per heavy atom. The van der Waals surface area contributed by atoms with E-state index in [0.717, 1.165) is 6.42 Å². The van der Waals surface area contributed by atoms with Crippen molar-refractivity contribution in [3.8, 4) is 0 Å². The van der Waals surface area contributed by atoms with Crippen molar-refractivity contribution in [3.63, 3.8) is 0 Å². The van der Waals surface area contributed by atoms with E-state index in [1.165, 1.54) is 6.42 Å². The van der Waals surface area contributed by atoms with Crippen LogP contribution in [-0.4, -0.2) is 31.3 Å². The summed E-state index contributed by atoms with van der Waals surface area (Å²) in [6.07, 6.45) is 4.31. The molecule has 5 nitrogen and oxygen atoms in total. The summed E-state index contributed by atoms with van der Waals surface area (Å²) in [6.45, 7) is 4.86. The van der Waals surface area contributed by atoms with Gasteiger partial charge in [0.05, 0.1) is 13.2 Å². The first kappa shape index (κ1) is 15.1. The minimum Gasteiger partial charge on any atom is -0.394 e. The van der Waals surface area contributed by atoms with Gasteiger partial charge in [-0.25, -0.2) is 4.18 Å². The lowest BCUT2D eigenvalue weighted by Crippen LogP contribution is -2.06. The number of aliphatic hydroxyl groups is 1. The maximum Gasteiger partial charge on any atom is 0.397 e. The van der Waals surface area contributed by atoms with Crippen LogP contribution in [0.5, 0.6) is 0 Å². The zero-order valence-corrected chi connectivity index (χ0v) is 8.46. The minimum absolute atomic E-state index is 0.404. The molecule has 2 N–H and O–H groups in total. The van der Waals surface area contributed by atoms with E-state index < -0.39 is 23.6 Å². The topological polar surface area (TPSA) is 83.8 Å². The number of aliphatic hydroxyl groups excluding tert-OH is 1. The fraction of sp³-hybridized carbons (Fsp3) is 0.714. The molecule has 0 amide bonds. The lowest BCUT2D eigenvalue weighted by Gasteiger charge is -1.92. The van der Waals surface area contributed by atoms with E-state index in [9.17, 15) is 8.42 Å². The van der Waals surface area contributed by atoms with Crippen LogP contribution in [0.2, 0.25) is 0 Å². The first-order chi connectivity index (χ1) is 5.97. The van der Waals surface area contributed by atoms with Crippen LogP contribution >= 0.6 is 0 Å². The molecule has 0 bridgehead atoms. The van der Waals surface area contributed by atoms with Gasteiger partial charge >= 0.3 is 10.4 Å². The summed E-state index contributed by atoms with van der Waals surface area (Å²) >= 11 is 0. The molecule has 0 aromatic rings. The van der Waals surface area contributed by atoms with Crippen molar-refractivity contribution in [2.75, 3.05) is 13.2 Å². The smallest absolute Gasteiger partial charge is 0.394 e. The molecule has 0 atom stereocenters. The minimum atomic E-state index is -4.35. The average Bonchev–Trinajstić information content (AvgIpc) is 2.02. The van der Waals surface area contributed by atoms with Crippen molar-refractivity contribution in [1.82, 2.24) is 0 Å². The van der Waals surface area contributed by atoms with Gasteiger partial charge in [-0.3, -0.25) is 4.55 Å². The number of rotatable bonds is 5. The molecule has 6 heteroatoms. The third-order valence-corrected chi connectivity index (χ3v) is 1.28. The Labute approximate surface area is 79.0 Å².